The Morgan fingerprint density at radius 1 is 1.38 bits per heavy atom. The lowest BCUT2D eigenvalue weighted by Gasteiger charge is -2.51. The van der Waals surface area contributed by atoms with Gasteiger partial charge in [0.1, 0.15) is 11.4 Å². The zero-order valence-corrected chi connectivity index (χ0v) is 16.2. The Morgan fingerprint density at radius 3 is 2.69 bits per heavy atom. The second-order valence-electron chi connectivity index (χ2n) is 7.32. The van der Waals surface area contributed by atoms with Crippen LogP contribution >= 0.6 is 0 Å². The highest BCUT2D eigenvalue weighted by Gasteiger charge is 2.39. The molecule has 1 fully saturated rings. The predicted molar refractivity (Wildman–Crippen MR) is 109 cm³/mol. The van der Waals surface area contributed by atoms with Crippen LogP contribution in [0.5, 0.6) is 0 Å². The van der Waals surface area contributed by atoms with Gasteiger partial charge in [0.2, 0.25) is 5.43 Å². The van der Waals surface area contributed by atoms with Gasteiger partial charge in [-0.1, -0.05) is 0 Å². The molecule has 1 aromatic carbocycles. The van der Waals surface area contributed by atoms with Crippen molar-refractivity contribution in [3.8, 4) is 0 Å². The molecule has 10 heteroatoms. The van der Waals surface area contributed by atoms with Crippen molar-refractivity contribution in [2.45, 2.75) is 12.2 Å². The van der Waals surface area contributed by atoms with Crippen molar-refractivity contribution in [2.24, 2.45) is 5.73 Å². The number of hydrogen-bond donors (Lipinski definition) is 3. The van der Waals surface area contributed by atoms with E-state index in [1.165, 1.54) is 23.0 Å². The molecule has 1 saturated heterocycles. The quantitative estimate of drug-likeness (QED) is 0.545. The third-order valence-electron chi connectivity index (χ3n) is 5.26. The van der Waals surface area contributed by atoms with Crippen LogP contribution in [0.3, 0.4) is 0 Å². The Hall–Kier alpha value is -3.24. The molecule has 9 nitrogen and oxygen atoms in total. The lowest BCUT2D eigenvalue weighted by molar-refractivity contribution is 0.0695. The summed E-state index contributed by atoms with van der Waals surface area (Å²) in [5, 5.41) is 9.79. The molecule has 0 radical (unpaired) electrons. The van der Waals surface area contributed by atoms with Crippen molar-refractivity contribution >= 4 is 33.6 Å². The summed E-state index contributed by atoms with van der Waals surface area (Å²) in [7, 11) is 5.35. The third kappa shape index (κ3) is 2.88. The van der Waals surface area contributed by atoms with Gasteiger partial charge in [0, 0.05) is 25.2 Å². The van der Waals surface area contributed by atoms with Crippen molar-refractivity contribution in [1.82, 2.24) is 14.6 Å². The number of nitrogens with one attached hydrogen (secondary N) is 1. The maximum Gasteiger partial charge on any atom is 0.341 e. The van der Waals surface area contributed by atoms with E-state index in [1.807, 2.05) is 23.9 Å². The average Bonchev–Trinajstić information content (AvgIpc) is 2.64. The van der Waals surface area contributed by atoms with E-state index >= 15 is 0 Å². The van der Waals surface area contributed by atoms with Crippen LogP contribution in [0.2, 0.25) is 0 Å². The van der Waals surface area contributed by atoms with Gasteiger partial charge in [-0.05, 0) is 32.3 Å². The highest BCUT2D eigenvalue weighted by Crippen LogP contribution is 2.32. The Morgan fingerprint density at radius 2 is 2.10 bits per heavy atom. The number of aromatic carboxylic acids is 1. The number of nitrogens with two attached hydrogens (primary N) is 1. The number of nitrogens with zero attached hydrogens (tertiary/aromatic N) is 4. The standard InChI is InChI=1S/C19H21FN6O3/c1-22-26-7-11(19(28)29)16(27)10-4-9-5-12(20)15(6-14(9)23-17(10)26)25-8-13(21)18(25)24(2)3/h4-7,13,18,22H,8,21H2,1-3H3,(H,28,29). The fraction of sp³-hybridized carbons (Fsp3) is 0.316. The van der Waals surface area contributed by atoms with E-state index < -0.39 is 22.8 Å². The molecule has 3 aromatic rings. The number of anilines is 1. The van der Waals surface area contributed by atoms with Crippen molar-refractivity contribution in [1.29, 1.82) is 0 Å². The zero-order valence-electron chi connectivity index (χ0n) is 16.2. The number of benzene rings is 1. The van der Waals surface area contributed by atoms with Crippen LogP contribution in [0.1, 0.15) is 10.4 Å². The number of aromatic nitrogens is 2. The van der Waals surface area contributed by atoms with E-state index in [2.05, 4.69) is 10.4 Å². The van der Waals surface area contributed by atoms with Crippen LogP contribution in [0.4, 0.5) is 10.1 Å². The average molecular weight is 400 g/mol. The molecule has 0 aliphatic carbocycles. The first-order chi connectivity index (χ1) is 13.7. The number of carboxylic acid groups (broad SMARTS) is 1. The maximum absolute atomic E-state index is 14.9. The summed E-state index contributed by atoms with van der Waals surface area (Å²) >= 11 is 0. The minimum atomic E-state index is -1.34. The van der Waals surface area contributed by atoms with E-state index in [-0.39, 0.29) is 23.2 Å². The Bertz CT molecular complexity index is 1200. The summed E-state index contributed by atoms with van der Waals surface area (Å²) in [4.78, 5) is 32.3. The van der Waals surface area contributed by atoms with Gasteiger partial charge in [0.05, 0.1) is 28.8 Å². The molecule has 152 valence electrons. The Kier molecular flexibility index (Phi) is 4.39. The van der Waals surface area contributed by atoms with Gasteiger partial charge in [0.25, 0.3) is 0 Å². The van der Waals surface area contributed by atoms with Gasteiger partial charge in [-0.15, -0.1) is 0 Å². The molecule has 3 heterocycles. The number of hydrogen-bond acceptors (Lipinski definition) is 7. The monoisotopic (exact) mass is 400 g/mol. The van der Waals surface area contributed by atoms with E-state index in [1.54, 1.807) is 13.1 Å². The van der Waals surface area contributed by atoms with Crippen molar-refractivity contribution in [2.75, 3.05) is 38.0 Å². The van der Waals surface area contributed by atoms with Crippen molar-refractivity contribution < 1.29 is 14.3 Å². The first-order valence-corrected chi connectivity index (χ1v) is 9.02. The van der Waals surface area contributed by atoms with Gasteiger partial charge in [-0.2, -0.15) is 0 Å². The zero-order chi connectivity index (χ0) is 21.0. The summed E-state index contributed by atoms with van der Waals surface area (Å²) in [6, 6.07) is 4.32. The number of halogens is 1. The number of carboxylic acids is 1. The number of likely N-dealkylation sites (N-methyl/N-ethyl adjacent to an activating group) is 1. The van der Waals surface area contributed by atoms with Crippen molar-refractivity contribution in [3.05, 3.63) is 46.0 Å². The SMILES string of the molecule is CNn1cc(C(=O)O)c(=O)c2cc3cc(F)c(N4CC(N)C4N(C)C)cc3nc21. The third-order valence-corrected chi connectivity index (χ3v) is 5.26. The fourth-order valence-corrected chi connectivity index (χ4v) is 3.89. The van der Waals surface area contributed by atoms with Gasteiger partial charge in [-0.25, -0.2) is 18.8 Å². The van der Waals surface area contributed by atoms with Crippen LogP contribution in [0, 0.1) is 5.82 Å². The molecule has 0 bridgehead atoms. The summed E-state index contributed by atoms with van der Waals surface area (Å²) in [5.41, 5.74) is 8.93. The fourth-order valence-electron chi connectivity index (χ4n) is 3.89. The summed E-state index contributed by atoms with van der Waals surface area (Å²) in [5.74, 6) is -1.80. The van der Waals surface area contributed by atoms with Crippen LogP contribution < -0.4 is 21.5 Å². The smallest absolute Gasteiger partial charge is 0.341 e. The number of carbonyl (C=O) groups is 1. The molecular weight excluding hydrogens is 379 g/mol. The van der Waals surface area contributed by atoms with E-state index in [4.69, 9.17) is 5.73 Å². The van der Waals surface area contributed by atoms with E-state index in [0.29, 0.717) is 23.1 Å². The summed E-state index contributed by atoms with van der Waals surface area (Å²) < 4.78 is 16.3. The largest absolute Gasteiger partial charge is 0.477 e. The highest BCUT2D eigenvalue weighted by molar-refractivity contribution is 5.97. The molecule has 4 rings (SSSR count). The minimum absolute atomic E-state index is 0.0893. The van der Waals surface area contributed by atoms with Gasteiger partial charge >= 0.3 is 5.97 Å². The minimum Gasteiger partial charge on any atom is -0.477 e. The van der Waals surface area contributed by atoms with Gasteiger partial charge in [-0.3, -0.25) is 9.69 Å². The Balaban J connectivity index is 1.94. The maximum atomic E-state index is 14.9. The first-order valence-electron chi connectivity index (χ1n) is 9.02. The second-order valence-corrected chi connectivity index (χ2v) is 7.32. The van der Waals surface area contributed by atoms with Crippen LogP contribution in [-0.4, -0.2) is 65.5 Å². The molecule has 0 amide bonds. The molecule has 1 aliphatic rings. The Labute approximate surface area is 165 Å². The van der Waals surface area contributed by atoms with Gasteiger partial charge < -0.3 is 21.2 Å². The molecule has 0 saturated carbocycles. The summed E-state index contributed by atoms with van der Waals surface area (Å²) in [6.45, 7) is 0.516. The van der Waals surface area contributed by atoms with Crippen LogP contribution in [0.25, 0.3) is 21.9 Å². The number of rotatable bonds is 4. The molecule has 4 N–H and O–H groups in total. The van der Waals surface area contributed by atoms with E-state index in [9.17, 15) is 19.1 Å². The molecule has 2 atom stereocenters. The van der Waals surface area contributed by atoms with E-state index in [0.717, 1.165) is 0 Å². The number of fused-ring (bicyclic) bond motifs is 2. The van der Waals surface area contributed by atoms with Crippen LogP contribution in [0.15, 0.2) is 29.2 Å². The number of pyridine rings is 2. The molecule has 2 unspecified atom stereocenters. The second kappa shape index (κ2) is 6.68. The van der Waals surface area contributed by atoms with Crippen LogP contribution in [-0.2, 0) is 0 Å². The lowest BCUT2D eigenvalue weighted by atomic mass is 10.0. The predicted octanol–water partition coefficient (Wildman–Crippen LogP) is 0.595. The molecule has 2 aromatic heterocycles. The molecule has 1 aliphatic heterocycles. The molecular formula is C19H21FN6O3. The molecule has 0 spiro atoms. The topological polar surface area (TPSA) is 117 Å². The lowest BCUT2D eigenvalue weighted by Crippen LogP contribution is -2.70. The summed E-state index contributed by atoms with van der Waals surface area (Å²) in [6.07, 6.45) is 1.06. The normalized spacial score (nSPS) is 19.0. The highest BCUT2D eigenvalue weighted by atomic mass is 19.1. The van der Waals surface area contributed by atoms with Crippen molar-refractivity contribution in [3.63, 3.8) is 0 Å². The first kappa shape index (κ1) is 19.1. The molecule has 29 heavy (non-hydrogen) atoms. The van der Waals surface area contributed by atoms with Gasteiger partial charge in [0.15, 0.2) is 5.65 Å².